The summed E-state index contributed by atoms with van der Waals surface area (Å²) in [6.45, 7) is 2.46. The lowest BCUT2D eigenvalue weighted by Gasteiger charge is -2.17. The number of ether oxygens (including phenoxy) is 2. The third kappa shape index (κ3) is 2.74. The SMILES string of the molecule is C#C[C@H](OC(=O)CC)C1CCCO1. The fraction of sp³-hybridized carbons (Fsp3) is 0.700. The zero-order chi connectivity index (χ0) is 9.68. The van der Waals surface area contributed by atoms with Gasteiger partial charge in [0.1, 0.15) is 6.10 Å². The van der Waals surface area contributed by atoms with Crippen LogP contribution in [-0.2, 0) is 14.3 Å². The van der Waals surface area contributed by atoms with E-state index in [2.05, 4.69) is 5.92 Å². The van der Waals surface area contributed by atoms with Crippen LogP contribution in [-0.4, -0.2) is 24.8 Å². The fourth-order valence-corrected chi connectivity index (χ4v) is 1.28. The number of terminal acetylenes is 1. The first-order valence-electron chi connectivity index (χ1n) is 4.55. The zero-order valence-corrected chi connectivity index (χ0v) is 7.79. The average molecular weight is 182 g/mol. The van der Waals surface area contributed by atoms with Gasteiger partial charge in [-0.2, -0.15) is 0 Å². The third-order valence-electron chi connectivity index (χ3n) is 2.01. The summed E-state index contributed by atoms with van der Waals surface area (Å²) in [5, 5.41) is 0. The predicted octanol–water partition coefficient (Wildman–Crippen LogP) is 1.12. The van der Waals surface area contributed by atoms with Crippen LogP contribution in [0.2, 0.25) is 0 Å². The van der Waals surface area contributed by atoms with Crippen molar-refractivity contribution in [1.29, 1.82) is 0 Å². The Morgan fingerprint density at radius 1 is 1.85 bits per heavy atom. The fourth-order valence-electron chi connectivity index (χ4n) is 1.28. The molecular weight excluding hydrogens is 168 g/mol. The van der Waals surface area contributed by atoms with Gasteiger partial charge in [0, 0.05) is 13.0 Å². The van der Waals surface area contributed by atoms with Gasteiger partial charge in [-0.3, -0.25) is 4.79 Å². The Hall–Kier alpha value is -1.01. The second-order valence-electron chi connectivity index (χ2n) is 2.98. The Morgan fingerprint density at radius 2 is 2.62 bits per heavy atom. The van der Waals surface area contributed by atoms with Crippen molar-refractivity contribution >= 4 is 5.97 Å². The molecule has 2 atom stereocenters. The van der Waals surface area contributed by atoms with Crippen LogP contribution in [0.1, 0.15) is 26.2 Å². The summed E-state index contributed by atoms with van der Waals surface area (Å²) in [7, 11) is 0. The van der Waals surface area contributed by atoms with Crippen LogP contribution in [0, 0.1) is 12.3 Å². The molecule has 3 heteroatoms. The Kier molecular flexibility index (Phi) is 3.78. The van der Waals surface area contributed by atoms with Crippen molar-refractivity contribution in [2.75, 3.05) is 6.61 Å². The van der Waals surface area contributed by atoms with Gasteiger partial charge in [-0.1, -0.05) is 12.8 Å². The normalized spacial score (nSPS) is 23.5. The van der Waals surface area contributed by atoms with Crippen molar-refractivity contribution in [3.8, 4) is 12.3 Å². The molecule has 0 aromatic carbocycles. The highest BCUT2D eigenvalue weighted by molar-refractivity contribution is 5.69. The molecule has 0 aromatic rings. The Balaban J connectivity index is 2.43. The number of carbonyl (C=O) groups is 1. The van der Waals surface area contributed by atoms with Crippen molar-refractivity contribution < 1.29 is 14.3 Å². The van der Waals surface area contributed by atoms with E-state index in [9.17, 15) is 4.79 Å². The van der Waals surface area contributed by atoms with Gasteiger partial charge >= 0.3 is 5.97 Å². The van der Waals surface area contributed by atoms with Crippen molar-refractivity contribution in [3.63, 3.8) is 0 Å². The van der Waals surface area contributed by atoms with Crippen LogP contribution in [0.15, 0.2) is 0 Å². The van der Waals surface area contributed by atoms with Crippen molar-refractivity contribution in [2.45, 2.75) is 38.4 Å². The largest absolute Gasteiger partial charge is 0.446 e. The first-order chi connectivity index (χ1) is 6.27. The minimum Gasteiger partial charge on any atom is -0.446 e. The molecule has 3 nitrogen and oxygen atoms in total. The molecule has 0 saturated carbocycles. The molecule has 0 aliphatic carbocycles. The number of hydrogen-bond donors (Lipinski definition) is 0. The van der Waals surface area contributed by atoms with Gasteiger partial charge in [-0.05, 0) is 12.8 Å². The van der Waals surface area contributed by atoms with E-state index in [4.69, 9.17) is 15.9 Å². The number of esters is 1. The third-order valence-corrected chi connectivity index (χ3v) is 2.01. The van der Waals surface area contributed by atoms with Crippen LogP contribution in [0.3, 0.4) is 0 Å². The Bertz CT molecular complexity index is 211. The topological polar surface area (TPSA) is 35.5 Å². The summed E-state index contributed by atoms with van der Waals surface area (Å²) in [6.07, 6.45) is 6.87. The molecule has 1 unspecified atom stereocenters. The van der Waals surface area contributed by atoms with E-state index in [0.717, 1.165) is 12.8 Å². The summed E-state index contributed by atoms with van der Waals surface area (Å²) >= 11 is 0. The molecule has 72 valence electrons. The molecule has 0 aromatic heterocycles. The van der Waals surface area contributed by atoms with Crippen molar-refractivity contribution in [2.24, 2.45) is 0 Å². The lowest BCUT2D eigenvalue weighted by Crippen LogP contribution is -2.29. The van der Waals surface area contributed by atoms with Gasteiger partial charge in [0.15, 0.2) is 6.10 Å². The van der Waals surface area contributed by atoms with Gasteiger partial charge in [0.25, 0.3) is 0 Å². The number of carbonyl (C=O) groups excluding carboxylic acids is 1. The van der Waals surface area contributed by atoms with E-state index in [1.54, 1.807) is 6.92 Å². The molecule has 1 saturated heterocycles. The van der Waals surface area contributed by atoms with Gasteiger partial charge in [-0.15, -0.1) is 6.42 Å². The highest BCUT2D eigenvalue weighted by Gasteiger charge is 2.26. The summed E-state index contributed by atoms with van der Waals surface area (Å²) < 4.78 is 10.4. The smallest absolute Gasteiger partial charge is 0.306 e. The average Bonchev–Trinajstić information content (AvgIpc) is 2.66. The van der Waals surface area contributed by atoms with E-state index >= 15 is 0 Å². The second kappa shape index (κ2) is 4.88. The van der Waals surface area contributed by atoms with Gasteiger partial charge in [0.05, 0.1) is 0 Å². The molecule has 1 aliphatic heterocycles. The van der Waals surface area contributed by atoms with Crippen LogP contribution < -0.4 is 0 Å². The van der Waals surface area contributed by atoms with Crippen LogP contribution in [0.4, 0.5) is 0 Å². The molecule has 0 N–H and O–H groups in total. The van der Waals surface area contributed by atoms with E-state index in [1.807, 2.05) is 0 Å². The number of hydrogen-bond acceptors (Lipinski definition) is 3. The summed E-state index contributed by atoms with van der Waals surface area (Å²) in [5.74, 6) is 2.18. The van der Waals surface area contributed by atoms with Crippen molar-refractivity contribution in [1.82, 2.24) is 0 Å². The minimum atomic E-state index is -0.505. The van der Waals surface area contributed by atoms with E-state index in [1.165, 1.54) is 0 Å². The molecule has 1 fully saturated rings. The molecule has 1 heterocycles. The molecule has 13 heavy (non-hydrogen) atoms. The van der Waals surface area contributed by atoms with E-state index in [-0.39, 0.29) is 12.1 Å². The quantitative estimate of drug-likeness (QED) is 0.484. The first-order valence-corrected chi connectivity index (χ1v) is 4.55. The minimum absolute atomic E-state index is 0.0968. The van der Waals surface area contributed by atoms with Gasteiger partial charge in [-0.25, -0.2) is 0 Å². The Morgan fingerprint density at radius 3 is 3.08 bits per heavy atom. The molecule has 0 bridgehead atoms. The predicted molar refractivity (Wildman–Crippen MR) is 48.0 cm³/mol. The van der Waals surface area contributed by atoms with Crippen LogP contribution in [0.5, 0.6) is 0 Å². The highest BCUT2D eigenvalue weighted by Crippen LogP contribution is 2.17. The summed E-state index contributed by atoms with van der Waals surface area (Å²) in [6, 6.07) is 0. The number of rotatable bonds is 3. The maximum Gasteiger partial charge on any atom is 0.306 e. The van der Waals surface area contributed by atoms with Crippen LogP contribution in [0.25, 0.3) is 0 Å². The molecule has 0 radical (unpaired) electrons. The first kappa shape index (κ1) is 10.1. The standard InChI is InChI=1S/C10H14O3/c1-3-8(13-10(11)4-2)9-6-5-7-12-9/h1,8-9H,4-7H2,2H3/t8-,9?/m0/s1. The zero-order valence-electron chi connectivity index (χ0n) is 7.79. The second-order valence-corrected chi connectivity index (χ2v) is 2.98. The van der Waals surface area contributed by atoms with E-state index < -0.39 is 6.10 Å². The maximum atomic E-state index is 11.0. The summed E-state index contributed by atoms with van der Waals surface area (Å²) in [5.41, 5.74) is 0. The van der Waals surface area contributed by atoms with Crippen molar-refractivity contribution in [3.05, 3.63) is 0 Å². The van der Waals surface area contributed by atoms with Crippen LogP contribution >= 0.6 is 0 Å². The summed E-state index contributed by atoms with van der Waals surface area (Å²) in [4.78, 5) is 11.0. The lowest BCUT2D eigenvalue weighted by molar-refractivity contribution is -0.150. The molecule has 1 aliphatic rings. The van der Waals surface area contributed by atoms with Gasteiger partial charge < -0.3 is 9.47 Å². The molecule has 0 spiro atoms. The Labute approximate surface area is 78.4 Å². The maximum absolute atomic E-state index is 11.0. The lowest BCUT2D eigenvalue weighted by atomic mass is 10.1. The highest BCUT2D eigenvalue weighted by atomic mass is 16.6. The monoisotopic (exact) mass is 182 g/mol. The van der Waals surface area contributed by atoms with E-state index in [0.29, 0.717) is 13.0 Å². The molecule has 0 amide bonds. The molecular formula is C10H14O3. The molecule has 1 rings (SSSR count). The van der Waals surface area contributed by atoms with Gasteiger partial charge in [0.2, 0.25) is 0 Å².